The van der Waals surface area contributed by atoms with E-state index in [0.29, 0.717) is 12.2 Å². The molecule has 0 saturated carbocycles. The summed E-state index contributed by atoms with van der Waals surface area (Å²) in [5.41, 5.74) is 3.09. The number of halogens is 1. The number of hydrogen-bond acceptors (Lipinski definition) is 2. The highest BCUT2D eigenvalue weighted by Gasteiger charge is 2.09. The predicted octanol–water partition coefficient (Wildman–Crippen LogP) is 3.85. The lowest BCUT2D eigenvalue weighted by molar-refractivity contribution is 0.342. The number of hydrogen-bond donors (Lipinski definition) is 0. The molecule has 2 heterocycles. The van der Waals surface area contributed by atoms with Crippen molar-refractivity contribution in [2.75, 3.05) is 6.61 Å². The number of imidazole rings is 1. The normalized spacial score (nSPS) is 10.9. The minimum Gasteiger partial charge on any atom is -0.490 e. The van der Waals surface area contributed by atoms with Crippen LogP contribution < -0.4 is 4.74 Å². The first-order chi connectivity index (χ1) is 9.69. The number of fused-ring (bicyclic) bond motifs is 1. The largest absolute Gasteiger partial charge is 0.490 e. The van der Waals surface area contributed by atoms with Gasteiger partial charge in [-0.15, -0.1) is 0 Å². The minimum absolute atomic E-state index is 0.201. The molecule has 0 unspecified atom stereocenters. The third-order valence-corrected chi connectivity index (χ3v) is 3.20. The summed E-state index contributed by atoms with van der Waals surface area (Å²) in [6, 6.07) is 8.82. The minimum atomic E-state index is -0.201. The van der Waals surface area contributed by atoms with Crippen LogP contribution in [0.15, 0.2) is 42.7 Å². The van der Waals surface area contributed by atoms with E-state index in [4.69, 9.17) is 4.74 Å². The van der Waals surface area contributed by atoms with Crippen LogP contribution >= 0.6 is 0 Å². The highest BCUT2D eigenvalue weighted by Crippen LogP contribution is 2.25. The van der Waals surface area contributed by atoms with Crippen LogP contribution in [0, 0.1) is 12.7 Å². The summed E-state index contributed by atoms with van der Waals surface area (Å²) in [6.07, 6.45) is 3.84. The first-order valence-electron chi connectivity index (χ1n) is 6.56. The van der Waals surface area contributed by atoms with Crippen molar-refractivity contribution in [1.82, 2.24) is 9.38 Å². The SMILES string of the molecule is CCOc1cccn2cc(-c3ccc(F)c(C)c3)nc12. The van der Waals surface area contributed by atoms with Crippen LogP contribution in [0.3, 0.4) is 0 Å². The van der Waals surface area contributed by atoms with Crippen LogP contribution in [0.25, 0.3) is 16.9 Å². The van der Waals surface area contributed by atoms with Gasteiger partial charge in [-0.1, -0.05) is 0 Å². The average molecular weight is 270 g/mol. The molecule has 0 aliphatic heterocycles. The summed E-state index contributed by atoms with van der Waals surface area (Å²) in [4.78, 5) is 4.59. The van der Waals surface area contributed by atoms with Crippen LogP contribution in [-0.2, 0) is 0 Å². The zero-order valence-corrected chi connectivity index (χ0v) is 11.4. The molecule has 4 heteroatoms. The first-order valence-corrected chi connectivity index (χ1v) is 6.56. The molecule has 0 saturated heterocycles. The zero-order chi connectivity index (χ0) is 14.1. The summed E-state index contributed by atoms with van der Waals surface area (Å²) < 4.78 is 20.8. The lowest BCUT2D eigenvalue weighted by Gasteiger charge is -2.03. The van der Waals surface area contributed by atoms with Crippen molar-refractivity contribution in [1.29, 1.82) is 0 Å². The fourth-order valence-corrected chi connectivity index (χ4v) is 2.20. The molecule has 0 fully saturated rings. The highest BCUT2D eigenvalue weighted by molar-refractivity contribution is 5.66. The molecular formula is C16H15FN2O. The van der Waals surface area contributed by atoms with E-state index < -0.39 is 0 Å². The molecule has 0 radical (unpaired) electrons. The lowest BCUT2D eigenvalue weighted by Crippen LogP contribution is -1.94. The van der Waals surface area contributed by atoms with Gasteiger partial charge in [0, 0.05) is 18.0 Å². The molecule has 20 heavy (non-hydrogen) atoms. The Hall–Kier alpha value is -2.36. The van der Waals surface area contributed by atoms with E-state index in [9.17, 15) is 4.39 Å². The van der Waals surface area contributed by atoms with Crippen LogP contribution in [0.1, 0.15) is 12.5 Å². The van der Waals surface area contributed by atoms with Gasteiger partial charge in [0.2, 0.25) is 0 Å². The summed E-state index contributed by atoms with van der Waals surface area (Å²) in [5.74, 6) is 0.549. The van der Waals surface area contributed by atoms with Crippen molar-refractivity contribution in [3.63, 3.8) is 0 Å². The van der Waals surface area contributed by atoms with E-state index in [-0.39, 0.29) is 5.82 Å². The van der Waals surface area contributed by atoms with E-state index in [1.54, 1.807) is 19.1 Å². The Morgan fingerprint density at radius 3 is 2.90 bits per heavy atom. The molecule has 0 aliphatic rings. The lowest BCUT2D eigenvalue weighted by atomic mass is 10.1. The number of aromatic nitrogens is 2. The number of nitrogens with zero attached hydrogens (tertiary/aromatic N) is 2. The Labute approximate surface area is 116 Å². The Morgan fingerprint density at radius 1 is 1.30 bits per heavy atom. The molecule has 102 valence electrons. The fourth-order valence-electron chi connectivity index (χ4n) is 2.20. The number of benzene rings is 1. The van der Waals surface area contributed by atoms with Crippen molar-refractivity contribution in [2.24, 2.45) is 0 Å². The Balaban J connectivity index is 2.12. The Bertz CT molecular complexity index is 764. The maximum atomic E-state index is 13.3. The molecule has 1 aromatic carbocycles. The summed E-state index contributed by atoms with van der Waals surface area (Å²) >= 11 is 0. The molecule has 3 rings (SSSR count). The number of aryl methyl sites for hydroxylation is 1. The van der Waals surface area contributed by atoms with Gasteiger partial charge in [-0.3, -0.25) is 0 Å². The standard InChI is InChI=1S/C16H15FN2O/c1-3-20-15-5-4-8-19-10-14(18-16(15)19)12-6-7-13(17)11(2)9-12/h4-10H,3H2,1-2H3. The van der Waals surface area contributed by atoms with Gasteiger partial charge < -0.3 is 9.14 Å². The maximum absolute atomic E-state index is 13.3. The van der Waals surface area contributed by atoms with Crippen LogP contribution in [0.5, 0.6) is 5.75 Å². The topological polar surface area (TPSA) is 26.5 Å². The van der Waals surface area contributed by atoms with Gasteiger partial charge in [0.05, 0.1) is 12.3 Å². The van der Waals surface area contributed by atoms with Gasteiger partial charge in [0.1, 0.15) is 5.82 Å². The molecule has 0 atom stereocenters. The summed E-state index contributed by atoms with van der Waals surface area (Å²) in [7, 11) is 0. The van der Waals surface area contributed by atoms with Gasteiger partial charge in [0.25, 0.3) is 0 Å². The van der Waals surface area contributed by atoms with E-state index >= 15 is 0 Å². The molecule has 3 nitrogen and oxygen atoms in total. The summed E-state index contributed by atoms with van der Waals surface area (Å²) in [6.45, 7) is 4.29. The van der Waals surface area contributed by atoms with E-state index in [0.717, 1.165) is 22.7 Å². The number of ether oxygens (including phenoxy) is 1. The van der Waals surface area contributed by atoms with Gasteiger partial charge in [-0.05, 0) is 49.7 Å². The molecule has 3 aromatic rings. The second kappa shape index (κ2) is 4.96. The second-order valence-electron chi connectivity index (χ2n) is 4.63. The molecule has 0 amide bonds. The van der Waals surface area contributed by atoms with Crippen molar-refractivity contribution in [3.8, 4) is 17.0 Å². The smallest absolute Gasteiger partial charge is 0.180 e. The predicted molar refractivity (Wildman–Crippen MR) is 76.5 cm³/mol. The average Bonchev–Trinajstić information content (AvgIpc) is 2.87. The maximum Gasteiger partial charge on any atom is 0.180 e. The number of rotatable bonds is 3. The quantitative estimate of drug-likeness (QED) is 0.722. The van der Waals surface area contributed by atoms with E-state index in [1.165, 1.54) is 6.07 Å². The van der Waals surface area contributed by atoms with Gasteiger partial charge in [-0.2, -0.15) is 0 Å². The molecule has 2 aromatic heterocycles. The molecular weight excluding hydrogens is 255 g/mol. The van der Waals surface area contributed by atoms with E-state index in [1.807, 2.05) is 35.9 Å². The van der Waals surface area contributed by atoms with Crippen LogP contribution in [0.4, 0.5) is 4.39 Å². The molecule has 0 spiro atoms. The van der Waals surface area contributed by atoms with Crippen molar-refractivity contribution >= 4 is 5.65 Å². The van der Waals surface area contributed by atoms with Crippen LogP contribution in [-0.4, -0.2) is 16.0 Å². The van der Waals surface area contributed by atoms with Crippen molar-refractivity contribution in [2.45, 2.75) is 13.8 Å². The van der Waals surface area contributed by atoms with Crippen LogP contribution in [0.2, 0.25) is 0 Å². The van der Waals surface area contributed by atoms with E-state index in [2.05, 4.69) is 4.98 Å². The third-order valence-electron chi connectivity index (χ3n) is 3.20. The van der Waals surface area contributed by atoms with Crippen molar-refractivity contribution < 1.29 is 9.13 Å². The van der Waals surface area contributed by atoms with Crippen molar-refractivity contribution in [3.05, 3.63) is 54.1 Å². The molecule has 0 N–H and O–H groups in total. The first kappa shape index (κ1) is 12.7. The highest BCUT2D eigenvalue weighted by atomic mass is 19.1. The number of pyridine rings is 1. The Morgan fingerprint density at radius 2 is 2.15 bits per heavy atom. The van der Waals surface area contributed by atoms with Gasteiger partial charge >= 0.3 is 0 Å². The fraction of sp³-hybridized carbons (Fsp3) is 0.188. The third kappa shape index (κ3) is 2.13. The second-order valence-corrected chi connectivity index (χ2v) is 4.63. The zero-order valence-electron chi connectivity index (χ0n) is 11.4. The monoisotopic (exact) mass is 270 g/mol. The van der Waals surface area contributed by atoms with Gasteiger partial charge in [0.15, 0.2) is 11.4 Å². The van der Waals surface area contributed by atoms with Gasteiger partial charge in [-0.25, -0.2) is 9.37 Å². The molecule has 0 bridgehead atoms. The Kier molecular flexibility index (Phi) is 3.14. The summed E-state index contributed by atoms with van der Waals surface area (Å²) in [5, 5.41) is 0. The molecule has 0 aliphatic carbocycles.